The molecule has 1 aliphatic heterocycles. The Morgan fingerprint density at radius 1 is 1.24 bits per heavy atom. The van der Waals surface area contributed by atoms with E-state index < -0.39 is 0 Å². The summed E-state index contributed by atoms with van der Waals surface area (Å²) in [5, 5.41) is 3.59. The molecular weight excluding hydrogens is 208 g/mol. The van der Waals surface area contributed by atoms with Gasteiger partial charge in [-0.1, -0.05) is 33.6 Å². The van der Waals surface area contributed by atoms with Gasteiger partial charge in [0.15, 0.2) is 0 Å². The molecule has 1 saturated heterocycles. The van der Waals surface area contributed by atoms with Gasteiger partial charge >= 0.3 is 0 Å². The van der Waals surface area contributed by atoms with Gasteiger partial charge in [0, 0.05) is 18.6 Å². The number of nitrogens with one attached hydrogen (secondary N) is 1. The lowest BCUT2D eigenvalue weighted by atomic mass is 9.86. The van der Waals surface area contributed by atoms with Crippen molar-refractivity contribution in [2.75, 3.05) is 19.6 Å². The summed E-state index contributed by atoms with van der Waals surface area (Å²) in [6, 6.07) is 1.54. The van der Waals surface area contributed by atoms with Crippen LogP contribution < -0.4 is 5.32 Å². The molecule has 100 valence electrons. The first-order valence-electron chi connectivity index (χ1n) is 7.62. The lowest BCUT2D eigenvalue weighted by molar-refractivity contribution is 0.158. The number of hydrogen-bond acceptors (Lipinski definition) is 2. The van der Waals surface area contributed by atoms with Crippen molar-refractivity contribution in [2.24, 2.45) is 11.8 Å². The molecule has 0 radical (unpaired) electrons. The Hall–Kier alpha value is -0.0800. The molecule has 3 unspecified atom stereocenters. The Kier molecular flexibility index (Phi) is 4.87. The molecule has 0 aromatic rings. The van der Waals surface area contributed by atoms with Crippen LogP contribution in [0.1, 0.15) is 52.9 Å². The van der Waals surface area contributed by atoms with Gasteiger partial charge in [-0.05, 0) is 44.2 Å². The molecule has 0 amide bonds. The summed E-state index contributed by atoms with van der Waals surface area (Å²) in [5.74, 6) is 1.86. The van der Waals surface area contributed by atoms with E-state index in [4.69, 9.17) is 0 Å². The van der Waals surface area contributed by atoms with Crippen molar-refractivity contribution >= 4 is 0 Å². The Labute approximate surface area is 107 Å². The van der Waals surface area contributed by atoms with Crippen molar-refractivity contribution in [3.63, 3.8) is 0 Å². The molecule has 1 heterocycles. The summed E-state index contributed by atoms with van der Waals surface area (Å²) < 4.78 is 0. The first kappa shape index (κ1) is 13.4. The maximum atomic E-state index is 3.59. The van der Waals surface area contributed by atoms with Crippen molar-refractivity contribution in [2.45, 2.75) is 65.0 Å². The van der Waals surface area contributed by atoms with Gasteiger partial charge in [-0.3, -0.25) is 0 Å². The van der Waals surface area contributed by atoms with Gasteiger partial charge in [0.25, 0.3) is 0 Å². The highest BCUT2D eigenvalue weighted by Crippen LogP contribution is 2.30. The molecule has 2 fully saturated rings. The van der Waals surface area contributed by atoms with E-state index in [0.29, 0.717) is 6.04 Å². The van der Waals surface area contributed by atoms with Crippen molar-refractivity contribution < 1.29 is 0 Å². The zero-order chi connectivity index (χ0) is 12.3. The van der Waals surface area contributed by atoms with Crippen molar-refractivity contribution in [1.82, 2.24) is 10.2 Å². The van der Waals surface area contributed by atoms with Crippen LogP contribution in [-0.4, -0.2) is 36.6 Å². The van der Waals surface area contributed by atoms with E-state index in [-0.39, 0.29) is 0 Å². The second-order valence-corrected chi connectivity index (χ2v) is 6.64. The summed E-state index contributed by atoms with van der Waals surface area (Å²) in [4.78, 5) is 2.78. The Balaban J connectivity index is 1.73. The van der Waals surface area contributed by atoms with E-state index in [1.807, 2.05) is 0 Å². The Bertz CT molecular complexity index is 227. The topological polar surface area (TPSA) is 15.3 Å². The lowest BCUT2D eigenvalue weighted by Gasteiger charge is -2.34. The molecule has 1 N–H and O–H groups in total. The van der Waals surface area contributed by atoms with Gasteiger partial charge in [0.05, 0.1) is 0 Å². The molecule has 17 heavy (non-hydrogen) atoms. The minimum Gasteiger partial charge on any atom is -0.314 e. The third-order valence-electron chi connectivity index (χ3n) is 4.56. The third kappa shape index (κ3) is 3.96. The van der Waals surface area contributed by atoms with Crippen molar-refractivity contribution in [1.29, 1.82) is 0 Å². The summed E-state index contributed by atoms with van der Waals surface area (Å²) >= 11 is 0. The zero-order valence-electron chi connectivity index (χ0n) is 11.9. The summed E-state index contributed by atoms with van der Waals surface area (Å²) in [6.07, 6.45) is 7.23. The minimum atomic E-state index is 0.638. The highest BCUT2D eigenvalue weighted by atomic mass is 15.2. The molecule has 2 nitrogen and oxygen atoms in total. The lowest BCUT2D eigenvalue weighted by Crippen LogP contribution is -2.38. The SMILES string of the molecule is CC1CCCC(N2CCC(CNC(C)C)C2)C1. The van der Waals surface area contributed by atoms with E-state index >= 15 is 0 Å². The fraction of sp³-hybridized carbons (Fsp3) is 1.00. The van der Waals surface area contributed by atoms with E-state index in [1.54, 1.807) is 0 Å². The molecule has 0 aromatic carbocycles. The molecule has 0 bridgehead atoms. The quantitative estimate of drug-likeness (QED) is 0.810. The van der Waals surface area contributed by atoms with Crippen LogP contribution in [0.25, 0.3) is 0 Å². The van der Waals surface area contributed by atoms with Crippen LogP contribution in [0.15, 0.2) is 0 Å². The average Bonchev–Trinajstić information content (AvgIpc) is 2.75. The van der Waals surface area contributed by atoms with Gasteiger partial charge in [-0.2, -0.15) is 0 Å². The predicted octanol–water partition coefficient (Wildman–Crippen LogP) is 2.89. The van der Waals surface area contributed by atoms with Gasteiger partial charge in [-0.25, -0.2) is 0 Å². The van der Waals surface area contributed by atoms with Gasteiger partial charge in [0.1, 0.15) is 0 Å². The molecular formula is C15H30N2. The maximum absolute atomic E-state index is 3.59. The van der Waals surface area contributed by atoms with E-state index in [1.165, 1.54) is 51.7 Å². The van der Waals surface area contributed by atoms with Gasteiger partial charge in [-0.15, -0.1) is 0 Å². The zero-order valence-corrected chi connectivity index (χ0v) is 11.9. The molecule has 2 rings (SSSR count). The fourth-order valence-electron chi connectivity index (χ4n) is 3.50. The van der Waals surface area contributed by atoms with Gasteiger partial charge in [0.2, 0.25) is 0 Å². The molecule has 2 aliphatic rings. The third-order valence-corrected chi connectivity index (χ3v) is 4.56. The molecule has 1 saturated carbocycles. The van der Waals surface area contributed by atoms with Crippen LogP contribution in [-0.2, 0) is 0 Å². The normalized spacial score (nSPS) is 35.6. The fourth-order valence-corrected chi connectivity index (χ4v) is 3.50. The predicted molar refractivity (Wildman–Crippen MR) is 74.2 cm³/mol. The molecule has 0 spiro atoms. The number of nitrogens with zero attached hydrogens (tertiary/aromatic N) is 1. The van der Waals surface area contributed by atoms with Crippen LogP contribution in [0.3, 0.4) is 0 Å². The van der Waals surface area contributed by atoms with Crippen LogP contribution in [0.2, 0.25) is 0 Å². The summed E-state index contributed by atoms with van der Waals surface area (Å²) in [7, 11) is 0. The minimum absolute atomic E-state index is 0.638. The Morgan fingerprint density at radius 2 is 2.06 bits per heavy atom. The van der Waals surface area contributed by atoms with E-state index in [9.17, 15) is 0 Å². The van der Waals surface area contributed by atoms with E-state index in [2.05, 4.69) is 31.0 Å². The average molecular weight is 238 g/mol. The van der Waals surface area contributed by atoms with E-state index in [0.717, 1.165) is 17.9 Å². The summed E-state index contributed by atoms with van der Waals surface area (Å²) in [6.45, 7) is 10.8. The van der Waals surface area contributed by atoms with Crippen LogP contribution in [0.4, 0.5) is 0 Å². The van der Waals surface area contributed by atoms with Crippen LogP contribution in [0.5, 0.6) is 0 Å². The molecule has 1 aliphatic carbocycles. The largest absolute Gasteiger partial charge is 0.314 e. The second-order valence-electron chi connectivity index (χ2n) is 6.64. The number of likely N-dealkylation sites (tertiary alicyclic amines) is 1. The highest BCUT2D eigenvalue weighted by Gasteiger charge is 2.30. The summed E-state index contributed by atoms with van der Waals surface area (Å²) in [5.41, 5.74) is 0. The van der Waals surface area contributed by atoms with Gasteiger partial charge < -0.3 is 10.2 Å². The van der Waals surface area contributed by atoms with Crippen molar-refractivity contribution in [3.8, 4) is 0 Å². The number of rotatable bonds is 4. The molecule has 3 atom stereocenters. The second kappa shape index (κ2) is 6.19. The monoisotopic (exact) mass is 238 g/mol. The molecule has 0 aromatic heterocycles. The highest BCUT2D eigenvalue weighted by molar-refractivity contribution is 4.85. The van der Waals surface area contributed by atoms with Crippen LogP contribution >= 0.6 is 0 Å². The standard InChI is InChI=1S/C15H30N2/c1-12(2)16-10-14-7-8-17(11-14)15-6-4-5-13(3)9-15/h12-16H,4-11H2,1-3H3. The maximum Gasteiger partial charge on any atom is 0.00979 e. The first-order chi connectivity index (χ1) is 8.15. The van der Waals surface area contributed by atoms with Crippen LogP contribution in [0, 0.1) is 11.8 Å². The smallest absolute Gasteiger partial charge is 0.00979 e. The molecule has 2 heteroatoms. The first-order valence-corrected chi connectivity index (χ1v) is 7.62. The van der Waals surface area contributed by atoms with Crippen molar-refractivity contribution in [3.05, 3.63) is 0 Å². The Morgan fingerprint density at radius 3 is 2.76 bits per heavy atom. The number of hydrogen-bond donors (Lipinski definition) is 1.